The number of aryl methyl sites for hydroxylation is 1. The second-order valence-corrected chi connectivity index (χ2v) is 4.23. The molecule has 4 heteroatoms. The number of benzene rings is 1. The molecule has 0 aliphatic carbocycles. The van der Waals surface area contributed by atoms with Crippen LogP contribution in [0.5, 0.6) is 11.5 Å². The van der Waals surface area contributed by atoms with Crippen molar-refractivity contribution in [1.29, 1.82) is 0 Å². The van der Waals surface area contributed by atoms with Gasteiger partial charge in [-0.15, -0.1) is 0 Å². The summed E-state index contributed by atoms with van der Waals surface area (Å²) in [5, 5.41) is 0. The predicted molar refractivity (Wildman–Crippen MR) is 62.1 cm³/mol. The molecule has 0 saturated heterocycles. The average molecular weight is 236 g/mol. The van der Waals surface area contributed by atoms with Gasteiger partial charge in [-0.1, -0.05) is 6.07 Å². The third kappa shape index (κ3) is 3.12. The van der Waals surface area contributed by atoms with Gasteiger partial charge in [0.05, 0.1) is 6.10 Å². The molecule has 0 unspecified atom stereocenters. The molecule has 4 nitrogen and oxygen atoms in total. The van der Waals surface area contributed by atoms with Crippen LogP contribution in [0.1, 0.15) is 25.8 Å². The van der Waals surface area contributed by atoms with E-state index in [-0.39, 0.29) is 18.9 Å². The monoisotopic (exact) mass is 236 g/mol. The molecule has 0 amide bonds. The zero-order chi connectivity index (χ0) is 12.3. The molecular formula is C13H16O4. The Labute approximate surface area is 100 Å². The zero-order valence-corrected chi connectivity index (χ0v) is 10.1. The van der Waals surface area contributed by atoms with Crippen molar-refractivity contribution in [2.75, 3.05) is 6.79 Å². The summed E-state index contributed by atoms with van der Waals surface area (Å²) >= 11 is 0. The van der Waals surface area contributed by atoms with Gasteiger partial charge < -0.3 is 14.2 Å². The van der Waals surface area contributed by atoms with Crippen molar-refractivity contribution >= 4 is 5.97 Å². The van der Waals surface area contributed by atoms with E-state index < -0.39 is 0 Å². The minimum atomic E-state index is -0.169. The number of carbonyl (C=O) groups excluding carboxylic acids is 1. The number of hydrogen-bond acceptors (Lipinski definition) is 4. The Morgan fingerprint density at radius 1 is 1.35 bits per heavy atom. The van der Waals surface area contributed by atoms with Crippen LogP contribution in [0.4, 0.5) is 0 Å². The van der Waals surface area contributed by atoms with Crippen LogP contribution in [-0.4, -0.2) is 18.9 Å². The molecule has 17 heavy (non-hydrogen) atoms. The molecule has 1 aliphatic heterocycles. The molecule has 1 aliphatic rings. The Morgan fingerprint density at radius 3 is 2.88 bits per heavy atom. The summed E-state index contributed by atoms with van der Waals surface area (Å²) in [4.78, 5) is 11.4. The lowest BCUT2D eigenvalue weighted by Gasteiger charge is -2.07. The van der Waals surface area contributed by atoms with E-state index in [1.807, 2.05) is 32.0 Å². The molecule has 0 atom stereocenters. The van der Waals surface area contributed by atoms with E-state index in [1.165, 1.54) is 0 Å². The van der Waals surface area contributed by atoms with Crippen molar-refractivity contribution in [3.8, 4) is 11.5 Å². The van der Waals surface area contributed by atoms with Crippen LogP contribution in [-0.2, 0) is 16.0 Å². The van der Waals surface area contributed by atoms with E-state index in [2.05, 4.69) is 0 Å². The van der Waals surface area contributed by atoms with E-state index in [1.54, 1.807) is 0 Å². The lowest BCUT2D eigenvalue weighted by Crippen LogP contribution is -2.11. The highest BCUT2D eigenvalue weighted by molar-refractivity contribution is 5.70. The number of esters is 1. The first-order valence-electron chi connectivity index (χ1n) is 5.73. The van der Waals surface area contributed by atoms with Crippen molar-refractivity contribution in [2.24, 2.45) is 0 Å². The largest absolute Gasteiger partial charge is 0.463 e. The van der Waals surface area contributed by atoms with Crippen molar-refractivity contribution in [2.45, 2.75) is 32.8 Å². The Hall–Kier alpha value is -1.71. The number of carbonyl (C=O) groups is 1. The van der Waals surface area contributed by atoms with Crippen LogP contribution in [0.2, 0.25) is 0 Å². The SMILES string of the molecule is CC(C)OC(=O)CCc1ccc2c(c1)OCO2. The molecule has 92 valence electrons. The molecule has 0 aromatic heterocycles. The topological polar surface area (TPSA) is 44.8 Å². The molecule has 0 spiro atoms. The second kappa shape index (κ2) is 5.08. The maximum Gasteiger partial charge on any atom is 0.306 e. The van der Waals surface area contributed by atoms with E-state index >= 15 is 0 Å². The fourth-order valence-corrected chi connectivity index (χ4v) is 1.66. The van der Waals surface area contributed by atoms with Gasteiger partial charge in [0.25, 0.3) is 0 Å². The lowest BCUT2D eigenvalue weighted by molar-refractivity contribution is -0.147. The fraction of sp³-hybridized carbons (Fsp3) is 0.462. The van der Waals surface area contributed by atoms with E-state index in [0.29, 0.717) is 12.8 Å². The van der Waals surface area contributed by atoms with E-state index in [4.69, 9.17) is 14.2 Å². The highest BCUT2D eigenvalue weighted by Crippen LogP contribution is 2.32. The van der Waals surface area contributed by atoms with Crippen LogP contribution >= 0.6 is 0 Å². The van der Waals surface area contributed by atoms with Crippen LogP contribution in [0.15, 0.2) is 18.2 Å². The zero-order valence-electron chi connectivity index (χ0n) is 10.1. The summed E-state index contributed by atoms with van der Waals surface area (Å²) in [5.41, 5.74) is 1.05. The normalized spacial score (nSPS) is 12.9. The summed E-state index contributed by atoms with van der Waals surface area (Å²) < 4.78 is 15.6. The van der Waals surface area contributed by atoms with Gasteiger partial charge >= 0.3 is 5.97 Å². The number of fused-ring (bicyclic) bond motifs is 1. The number of ether oxygens (including phenoxy) is 3. The standard InChI is InChI=1S/C13H16O4/c1-9(2)17-13(14)6-4-10-3-5-11-12(7-10)16-8-15-11/h3,5,7,9H,4,6,8H2,1-2H3. The van der Waals surface area contributed by atoms with Gasteiger partial charge in [-0.2, -0.15) is 0 Å². The molecule has 1 aromatic carbocycles. The number of rotatable bonds is 4. The highest BCUT2D eigenvalue weighted by atomic mass is 16.7. The maximum atomic E-state index is 11.4. The van der Waals surface area contributed by atoms with Gasteiger partial charge in [0.2, 0.25) is 6.79 Å². The fourth-order valence-electron chi connectivity index (χ4n) is 1.66. The molecule has 0 radical (unpaired) electrons. The molecule has 0 bridgehead atoms. The maximum absolute atomic E-state index is 11.4. The molecule has 2 rings (SSSR count). The first kappa shape index (κ1) is 11.8. The first-order chi connectivity index (χ1) is 8.15. The second-order valence-electron chi connectivity index (χ2n) is 4.23. The van der Waals surface area contributed by atoms with Gasteiger partial charge in [0, 0.05) is 6.42 Å². The minimum Gasteiger partial charge on any atom is -0.463 e. The Kier molecular flexibility index (Phi) is 3.52. The molecule has 0 N–H and O–H groups in total. The number of hydrogen-bond donors (Lipinski definition) is 0. The van der Waals surface area contributed by atoms with E-state index in [9.17, 15) is 4.79 Å². The van der Waals surface area contributed by atoms with Crippen LogP contribution in [0.3, 0.4) is 0 Å². The Bertz CT molecular complexity index is 412. The molecule has 0 saturated carbocycles. The lowest BCUT2D eigenvalue weighted by atomic mass is 10.1. The third-order valence-corrected chi connectivity index (χ3v) is 2.42. The van der Waals surface area contributed by atoms with Crippen LogP contribution in [0.25, 0.3) is 0 Å². The smallest absolute Gasteiger partial charge is 0.306 e. The Morgan fingerprint density at radius 2 is 2.12 bits per heavy atom. The quantitative estimate of drug-likeness (QED) is 0.752. The summed E-state index contributed by atoms with van der Waals surface area (Å²) in [7, 11) is 0. The first-order valence-corrected chi connectivity index (χ1v) is 5.73. The third-order valence-electron chi connectivity index (χ3n) is 2.42. The molecule has 0 fully saturated rings. The summed E-state index contributed by atoms with van der Waals surface area (Å²) in [6, 6.07) is 5.71. The van der Waals surface area contributed by atoms with Gasteiger partial charge in [0.15, 0.2) is 11.5 Å². The van der Waals surface area contributed by atoms with Gasteiger partial charge in [0.1, 0.15) is 0 Å². The Balaban J connectivity index is 1.89. The summed E-state index contributed by atoms with van der Waals surface area (Å²) in [6.45, 7) is 3.96. The van der Waals surface area contributed by atoms with Crippen LogP contribution < -0.4 is 9.47 Å². The predicted octanol–water partition coefficient (Wildman–Crippen LogP) is 2.30. The van der Waals surface area contributed by atoms with Crippen molar-refractivity contribution < 1.29 is 19.0 Å². The van der Waals surface area contributed by atoms with Gasteiger partial charge in [-0.3, -0.25) is 4.79 Å². The summed E-state index contributed by atoms with van der Waals surface area (Å²) in [5.74, 6) is 1.34. The van der Waals surface area contributed by atoms with Crippen LogP contribution in [0, 0.1) is 0 Å². The molecular weight excluding hydrogens is 220 g/mol. The van der Waals surface area contributed by atoms with Crippen molar-refractivity contribution in [3.05, 3.63) is 23.8 Å². The van der Waals surface area contributed by atoms with Crippen molar-refractivity contribution in [1.82, 2.24) is 0 Å². The van der Waals surface area contributed by atoms with Gasteiger partial charge in [-0.05, 0) is 38.0 Å². The van der Waals surface area contributed by atoms with Crippen molar-refractivity contribution in [3.63, 3.8) is 0 Å². The molecule has 1 aromatic rings. The average Bonchev–Trinajstić information content (AvgIpc) is 2.72. The summed E-state index contributed by atoms with van der Waals surface area (Å²) in [6.07, 6.45) is 0.985. The molecule has 1 heterocycles. The van der Waals surface area contributed by atoms with E-state index in [0.717, 1.165) is 17.1 Å². The van der Waals surface area contributed by atoms with Gasteiger partial charge in [-0.25, -0.2) is 0 Å². The minimum absolute atomic E-state index is 0.0562. The highest BCUT2D eigenvalue weighted by Gasteiger charge is 2.14.